The molecule has 1 aliphatic rings. The van der Waals surface area contributed by atoms with Crippen molar-refractivity contribution in [3.8, 4) is 0 Å². The lowest BCUT2D eigenvalue weighted by atomic mass is 10.0. The minimum Gasteiger partial charge on any atom is -0.512 e. The molecule has 0 aromatic carbocycles. The third kappa shape index (κ3) is 9.96. The van der Waals surface area contributed by atoms with Crippen LogP contribution in [-0.4, -0.2) is 19.6 Å². The smallest absolute Gasteiger partial charge is 0.0801 e. The molecule has 2 atom stereocenters. The van der Waals surface area contributed by atoms with E-state index in [1.54, 1.807) is 0 Å². The van der Waals surface area contributed by atoms with E-state index in [1.165, 1.54) is 83.8 Å². The minimum absolute atomic E-state index is 1.06. The fourth-order valence-electron chi connectivity index (χ4n) is 3.14. The molecule has 2 heteroatoms. The number of rotatable bonds is 10. The van der Waals surface area contributed by atoms with Crippen LogP contribution in [-0.2, 0) is 0 Å². The summed E-state index contributed by atoms with van der Waals surface area (Å²) in [7, 11) is 0. The molecule has 1 saturated heterocycles. The second-order valence-corrected chi connectivity index (χ2v) is 6.02. The molecular formula is C17H34N2. The average Bonchev–Trinajstić information content (AvgIpc) is 2.90. The topological polar surface area (TPSA) is 28.2 Å². The second-order valence-electron chi connectivity index (χ2n) is 6.02. The Labute approximate surface area is 121 Å². The summed E-state index contributed by atoms with van der Waals surface area (Å²) in [5.74, 6) is 1.06. The van der Waals surface area contributed by atoms with Gasteiger partial charge in [0.2, 0.25) is 0 Å². The molecule has 2 unspecified atom stereocenters. The third-order valence-electron chi connectivity index (χ3n) is 4.33. The quantitative estimate of drug-likeness (QED) is 0.475. The highest BCUT2D eigenvalue weighted by Gasteiger charge is 2.24. The van der Waals surface area contributed by atoms with Crippen LogP contribution in [0.3, 0.4) is 0 Å². The van der Waals surface area contributed by atoms with E-state index in [9.17, 15) is 0 Å². The Kier molecular flexibility index (Phi) is 13.5. The van der Waals surface area contributed by atoms with Crippen LogP contribution in [0.4, 0.5) is 0 Å². The average molecular weight is 266 g/mol. The van der Waals surface area contributed by atoms with Crippen molar-refractivity contribution in [2.24, 2.45) is 5.92 Å². The van der Waals surface area contributed by atoms with Crippen molar-refractivity contribution < 1.29 is 4.90 Å². The first-order chi connectivity index (χ1) is 9.36. The molecule has 1 fully saturated rings. The third-order valence-corrected chi connectivity index (χ3v) is 4.33. The van der Waals surface area contributed by atoms with Gasteiger partial charge < -0.3 is 16.7 Å². The number of nitrogens with zero attached hydrogens (tertiary/aromatic N) is 1. The summed E-state index contributed by atoms with van der Waals surface area (Å²) >= 11 is 0. The van der Waals surface area contributed by atoms with E-state index in [4.69, 9.17) is 11.8 Å². The number of hydrogen-bond acceptors (Lipinski definition) is 1. The zero-order valence-corrected chi connectivity index (χ0v) is 13.2. The molecule has 19 heavy (non-hydrogen) atoms. The Morgan fingerprint density at radius 3 is 2.26 bits per heavy atom. The Balaban J connectivity index is 0.00000154. The van der Waals surface area contributed by atoms with Crippen LogP contribution in [0.15, 0.2) is 0 Å². The van der Waals surface area contributed by atoms with Gasteiger partial charge in [-0.1, -0.05) is 52.4 Å². The summed E-state index contributed by atoms with van der Waals surface area (Å²) in [5, 5.41) is 6.25. The zero-order valence-electron chi connectivity index (χ0n) is 13.2. The normalized spacial score (nSPS) is 21.9. The molecule has 1 N–H and O–H groups in total. The summed E-state index contributed by atoms with van der Waals surface area (Å²) in [6.07, 6.45) is 14.5. The molecule has 0 spiro atoms. The fraction of sp³-hybridized carbons (Fsp3) is 0.941. The van der Waals surface area contributed by atoms with Gasteiger partial charge in [-0.15, -0.1) is 0 Å². The molecule has 1 aliphatic heterocycles. The van der Waals surface area contributed by atoms with Crippen molar-refractivity contribution in [2.75, 3.05) is 19.6 Å². The molecule has 112 valence electrons. The van der Waals surface area contributed by atoms with Gasteiger partial charge in [0, 0.05) is 12.3 Å². The van der Waals surface area contributed by atoms with Crippen LogP contribution in [0.5, 0.6) is 0 Å². The van der Waals surface area contributed by atoms with Crippen LogP contribution in [0, 0.1) is 17.8 Å². The van der Waals surface area contributed by atoms with Gasteiger partial charge in [0.1, 0.15) is 0 Å². The number of quaternary nitrogens is 1. The van der Waals surface area contributed by atoms with E-state index < -0.39 is 0 Å². The lowest BCUT2D eigenvalue weighted by molar-refractivity contribution is -0.889. The highest BCUT2D eigenvalue weighted by Crippen LogP contribution is 2.13. The van der Waals surface area contributed by atoms with Crippen molar-refractivity contribution in [1.29, 1.82) is 5.26 Å². The first-order valence-corrected chi connectivity index (χ1v) is 8.42. The monoisotopic (exact) mass is 266 g/mol. The molecule has 0 aromatic heterocycles. The molecule has 0 radical (unpaired) electrons. The van der Waals surface area contributed by atoms with Crippen molar-refractivity contribution in [2.45, 2.75) is 78.1 Å². The van der Waals surface area contributed by atoms with E-state index in [0.29, 0.717) is 0 Å². The molecule has 0 amide bonds. The molecule has 0 aromatic rings. The number of hydrogen-bond donors (Lipinski definition) is 1. The van der Waals surface area contributed by atoms with Crippen LogP contribution in [0.25, 0.3) is 0 Å². The molecule has 2 nitrogen and oxygen atoms in total. The maximum atomic E-state index is 6.25. The maximum Gasteiger partial charge on any atom is 0.0801 e. The summed E-state index contributed by atoms with van der Waals surface area (Å²) in [4.78, 5) is 1.90. The van der Waals surface area contributed by atoms with Crippen LogP contribution in [0.2, 0.25) is 0 Å². The van der Waals surface area contributed by atoms with E-state index in [-0.39, 0.29) is 0 Å². The molecular weight excluding hydrogens is 232 g/mol. The zero-order chi connectivity index (χ0) is 14.3. The van der Waals surface area contributed by atoms with Crippen LogP contribution in [0.1, 0.15) is 78.1 Å². The summed E-state index contributed by atoms with van der Waals surface area (Å²) < 4.78 is 0. The summed E-state index contributed by atoms with van der Waals surface area (Å²) in [6, 6.07) is 0. The largest absolute Gasteiger partial charge is 0.512 e. The molecule has 1 heterocycles. The van der Waals surface area contributed by atoms with Crippen molar-refractivity contribution in [3.63, 3.8) is 0 Å². The predicted molar refractivity (Wildman–Crippen MR) is 81.5 cm³/mol. The maximum absolute atomic E-state index is 6.25. The summed E-state index contributed by atoms with van der Waals surface area (Å²) in [5.41, 5.74) is 0. The van der Waals surface area contributed by atoms with Gasteiger partial charge in [0.05, 0.1) is 19.6 Å². The van der Waals surface area contributed by atoms with Gasteiger partial charge in [-0.2, -0.15) is 0 Å². The first-order valence-electron chi connectivity index (χ1n) is 8.42. The Morgan fingerprint density at radius 2 is 1.58 bits per heavy atom. The highest BCUT2D eigenvalue weighted by molar-refractivity contribution is 4.62. The Bertz CT molecular complexity index is 201. The fourth-order valence-corrected chi connectivity index (χ4v) is 3.14. The van der Waals surface area contributed by atoms with Gasteiger partial charge in [-0.3, -0.25) is 0 Å². The molecule has 0 saturated carbocycles. The van der Waals surface area contributed by atoms with Gasteiger partial charge in [-0.25, -0.2) is 0 Å². The number of unbranched alkanes of at least 4 members (excludes halogenated alkanes) is 6. The van der Waals surface area contributed by atoms with E-state index >= 15 is 0 Å². The first kappa shape index (κ1) is 18.4. The standard InChI is InChI=1S/C16H33N.CN/c1-3-5-7-8-9-10-13-17-14-12-16(15-17)11-6-4-2;1-2/h16H,3-15H2,1-2H3;/q;-1/p+1. The van der Waals surface area contributed by atoms with Crippen molar-refractivity contribution >= 4 is 0 Å². The minimum atomic E-state index is 1.06. The number of likely N-dealkylation sites (tertiary alicyclic amines) is 1. The molecule has 1 rings (SSSR count). The van der Waals surface area contributed by atoms with Gasteiger partial charge >= 0.3 is 0 Å². The Morgan fingerprint density at radius 1 is 0.947 bits per heavy atom. The molecule has 0 aliphatic carbocycles. The van der Waals surface area contributed by atoms with Crippen molar-refractivity contribution in [1.82, 2.24) is 0 Å². The lowest BCUT2D eigenvalue weighted by Gasteiger charge is -2.13. The molecule has 0 bridgehead atoms. The SMILES string of the molecule is CCCCCCCC[NH+]1CCC(CCCC)C1.[C-]#N. The van der Waals surface area contributed by atoms with Crippen molar-refractivity contribution in [3.05, 3.63) is 6.57 Å². The summed E-state index contributed by atoms with van der Waals surface area (Å²) in [6.45, 7) is 13.8. The second kappa shape index (κ2) is 13.9. The van der Waals surface area contributed by atoms with Crippen LogP contribution < -0.4 is 4.90 Å². The predicted octanol–water partition coefficient (Wildman–Crippen LogP) is 3.54. The lowest BCUT2D eigenvalue weighted by Crippen LogP contribution is -3.10. The van der Waals surface area contributed by atoms with E-state index in [0.717, 1.165) is 5.92 Å². The highest BCUT2D eigenvalue weighted by atomic mass is 15.1. The van der Waals surface area contributed by atoms with Crippen LogP contribution >= 0.6 is 0 Å². The van der Waals surface area contributed by atoms with E-state index in [1.807, 2.05) is 4.90 Å². The van der Waals surface area contributed by atoms with Gasteiger partial charge in [-0.05, 0) is 19.3 Å². The van der Waals surface area contributed by atoms with Gasteiger partial charge in [0.15, 0.2) is 0 Å². The Hall–Kier alpha value is -0.550. The number of nitrogens with one attached hydrogen (secondary N) is 1. The van der Waals surface area contributed by atoms with Gasteiger partial charge in [0.25, 0.3) is 0 Å². The van der Waals surface area contributed by atoms with E-state index in [2.05, 4.69) is 13.8 Å².